The summed E-state index contributed by atoms with van der Waals surface area (Å²) in [6, 6.07) is 2.68. The number of hydrogen-bond acceptors (Lipinski definition) is 5. The number of rotatable bonds is 2. The standard InChI is InChI=1S/C18H21FN6O2/c1-22-10-16(26)25(14-8-21-23(2)9-14)12-18(22)4-6-24(11-18)17(27)13-3-5-20-15(19)7-13/h3,5,7-9H,4,6,10-12H2,1-2H3. The number of carbonyl (C=O) groups is 2. The fourth-order valence-corrected chi connectivity index (χ4v) is 3.93. The van der Waals surface area contributed by atoms with Crippen LogP contribution in [0.5, 0.6) is 0 Å². The zero-order chi connectivity index (χ0) is 19.2. The molecule has 2 aliphatic heterocycles. The maximum Gasteiger partial charge on any atom is 0.254 e. The smallest absolute Gasteiger partial charge is 0.254 e. The van der Waals surface area contributed by atoms with Crippen LogP contribution in [0.25, 0.3) is 0 Å². The lowest BCUT2D eigenvalue weighted by Gasteiger charge is -2.46. The lowest BCUT2D eigenvalue weighted by Crippen LogP contribution is -2.64. The largest absolute Gasteiger partial charge is 0.337 e. The van der Waals surface area contributed by atoms with Gasteiger partial charge in [0.15, 0.2) is 0 Å². The molecular weight excluding hydrogens is 351 g/mol. The van der Waals surface area contributed by atoms with E-state index in [0.29, 0.717) is 25.2 Å². The van der Waals surface area contributed by atoms with Gasteiger partial charge in [0.25, 0.3) is 5.91 Å². The van der Waals surface area contributed by atoms with Crippen molar-refractivity contribution >= 4 is 17.5 Å². The number of anilines is 1. The van der Waals surface area contributed by atoms with Crippen molar-refractivity contribution < 1.29 is 14.0 Å². The van der Waals surface area contributed by atoms with E-state index in [4.69, 9.17) is 0 Å². The number of likely N-dealkylation sites (tertiary alicyclic amines) is 1. The zero-order valence-electron chi connectivity index (χ0n) is 15.3. The van der Waals surface area contributed by atoms with Crippen molar-refractivity contribution in [1.29, 1.82) is 0 Å². The summed E-state index contributed by atoms with van der Waals surface area (Å²) in [5, 5.41) is 4.15. The van der Waals surface area contributed by atoms with Crippen molar-refractivity contribution in [2.24, 2.45) is 7.05 Å². The van der Waals surface area contributed by atoms with Crippen LogP contribution in [-0.4, -0.2) is 75.1 Å². The predicted molar refractivity (Wildman–Crippen MR) is 95.6 cm³/mol. The van der Waals surface area contributed by atoms with Crippen molar-refractivity contribution in [3.63, 3.8) is 0 Å². The van der Waals surface area contributed by atoms with Crippen LogP contribution in [0.2, 0.25) is 0 Å². The van der Waals surface area contributed by atoms with Crippen LogP contribution in [-0.2, 0) is 11.8 Å². The zero-order valence-corrected chi connectivity index (χ0v) is 15.3. The Morgan fingerprint density at radius 3 is 2.81 bits per heavy atom. The average Bonchev–Trinajstić information content (AvgIpc) is 3.25. The molecule has 8 nitrogen and oxygen atoms in total. The number of aromatic nitrogens is 3. The highest BCUT2D eigenvalue weighted by molar-refractivity contribution is 5.96. The van der Waals surface area contributed by atoms with E-state index in [1.54, 1.807) is 20.7 Å². The van der Waals surface area contributed by atoms with Gasteiger partial charge in [0.1, 0.15) is 0 Å². The lowest BCUT2D eigenvalue weighted by molar-refractivity contribution is -0.123. The van der Waals surface area contributed by atoms with Crippen LogP contribution in [0, 0.1) is 5.95 Å². The molecule has 4 rings (SSSR count). The summed E-state index contributed by atoms with van der Waals surface area (Å²) in [4.78, 5) is 34.3. The number of nitrogens with zero attached hydrogens (tertiary/aromatic N) is 6. The second kappa shape index (κ2) is 6.41. The first kappa shape index (κ1) is 17.6. The summed E-state index contributed by atoms with van der Waals surface area (Å²) < 4.78 is 15.0. The van der Waals surface area contributed by atoms with E-state index in [2.05, 4.69) is 10.1 Å². The molecule has 142 valence electrons. The van der Waals surface area contributed by atoms with Gasteiger partial charge >= 0.3 is 0 Å². The number of piperazine rings is 1. The molecule has 1 spiro atoms. The van der Waals surface area contributed by atoms with Gasteiger partial charge in [0.2, 0.25) is 11.9 Å². The second-order valence-corrected chi connectivity index (χ2v) is 7.28. The van der Waals surface area contributed by atoms with Crippen molar-refractivity contribution in [1.82, 2.24) is 24.6 Å². The molecular formula is C18H21FN6O2. The molecule has 1 unspecified atom stereocenters. The highest BCUT2D eigenvalue weighted by Crippen LogP contribution is 2.33. The van der Waals surface area contributed by atoms with E-state index in [9.17, 15) is 14.0 Å². The van der Waals surface area contributed by atoms with Crippen LogP contribution in [0.4, 0.5) is 10.1 Å². The van der Waals surface area contributed by atoms with Crippen LogP contribution in [0.3, 0.4) is 0 Å². The van der Waals surface area contributed by atoms with Crippen LogP contribution < -0.4 is 4.90 Å². The normalized spacial score (nSPS) is 23.4. The molecule has 0 saturated carbocycles. The summed E-state index contributed by atoms with van der Waals surface area (Å²) in [5.74, 6) is -0.874. The van der Waals surface area contributed by atoms with E-state index < -0.39 is 5.95 Å². The van der Waals surface area contributed by atoms with Crippen molar-refractivity contribution in [3.8, 4) is 0 Å². The molecule has 2 aliphatic rings. The molecule has 0 aromatic carbocycles. The number of aryl methyl sites for hydroxylation is 1. The molecule has 2 amide bonds. The summed E-state index contributed by atoms with van der Waals surface area (Å²) in [7, 11) is 3.72. The molecule has 0 radical (unpaired) electrons. The van der Waals surface area contributed by atoms with Gasteiger partial charge in [-0.3, -0.25) is 19.2 Å². The molecule has 27 heavy (non-hydrogen) atoms. The Morgan fingerprint density at radius 1 is 1.30 bits per heavy atom. The number of amides is 2. The minimum atomic E-state index is -0.669. The summed E-state index contributed by atoms with van der Waals surface area (Å²) in [6.07, 6.45) is 5.53. The topological polar surface area (TPSA) is 74.6 Å². The third kappa shape index (κ3) is 3.08. The quantitative estimate of drug-likeness (QED) is 0.719. The molecule has 0 aliphatic carbocycles. The van der Waals surface area contributed by atoms with Gasteiger partial charge in [0.05, 0.1) is 24.0 Å². The maximum atomic E-state index is 13.4. The Kier molecular flexibility index (Phi) is 4.18. The number of carbonyl (C=O) groups excluding carboxylic acids is 2. The Hall–Kier alpha value is -2.81. The second-order valence-electron chi connectivity index (χ2n) is 7.28. The third-order valence-electron chi connectivity index (χ3n) is 5.53. The van der Waals surface area contributed by atoms with Gasteiger partial charge in [0, 0.05) is 50.7 Å². The third-order valence-corrected chi connectivity index (χ3v) is 5.53. The van der Waals surface area contributed by atoms with Gasteiger partial charge in [-0.15, -0.1) is 0 Å². The Labute approximate surface area is 156 Å². The molecule has 4 heterocycles. The number of likely N-dealkylation sites (N-methyl/N-ethyl adjacent to an activating group) is 1. The highest BCUT2D eigenvalue weighted by atomic mass is 19.1. The highest BCUT2D eigenvalue weighted by Gasteiger charge is 2.48. The summed E-state index contributed by atoms with van der Waals surface area (Å²) in [5.41, 5.74) is 0.722. The maximum absolute atomic E-state index is 13.4. The van der Waals surface area contributed by atoms with Gasteiger partial charge in [-0.1, -0.05) is 0 Å². The van der Waals surface area contributed by atoms with Gasteiger partial charge in [-0.2, -0.15) is 9.49 Å². The van der Waals surface area contributed by atoms with Crippen LogP contribution in [0.1, 0.15) is 16.8 Å². The van der Waals surface area contributed by atoms with E-state index in [0.717, 1.165) is 18.2 Å². The van der Waals surface area contributed by atoms with Crippen molar-refractivity contribution in [3.05, 3.63) is 42.2 Å². The minimum Gasteiger partial charge on any atom is -0.337 e. The summed E-state index contributed by atoms with van der Waals surface area (Å²) in [6.45, 7) is 1.81. The lowest BCUT2D eigenvalue weighted by atomic mass is 9.93. The molecule has 0 N–H and O–H groups in total. The molecule has 1 atom stereocenters. The minimum absolute atomic E-state index is 0.0112. The fourth-order valence-electron chi connectivity index (χ4n) is 3.93. The molecule has 2 saturated heterocycles. The van der Waals surface area contributed by atoms with Crippen LogP contribution in [0.15, 0.2) is 30.7 Å². The van der Waals surface area contributed by atoms with Gasteiger partial charge in [-0.05, 0) is 19.5 Å². The molecule has 2 aromatic rings. The number of hydrogen-bond donors (Lipinski definition) is 0. The van der Waals surface area contributed by atoms with E-state index >= 15 is 0 Å². The first-order chi connectivity index (χ1) is 12.9. The van der Waals surface area contributed by atoms with Gasteiger partial charge < -0.3 is 9.80 Å². The van der Waals surface area contributed by atoms with E-state index in [1.807, 2.05) is 25.2 Å². The molecule has 2 aromatic heterocycles. The fraction of sp³-hybridized carbons (Fsp3) is 0.444. The average molecular weight is 372 g/mol. The molecule has 0 bridgehead atoms. The van der Waals surface area contributed by atoms with Crippen molar-refractivity contribution in [2.75, 3.05) is 38.1 Å². The van der Waals surface area contributed by atoms with Crippen molar-refractivity contribution in [2.45, 2.75) is 12.0 Å². The van der Waals surface area contributed by atoms with E-state index in [-0.39, 0.29) is 23.9 Å². The van der Waals surface area contributed by atoms with Crippen LogP contribution >= 0.6 is 0 Å². The summed E-state index contributed by atoms with van der Waals surface area (Å²) >= 11 is 0. The number of halogens is 1. The predicted octanol–water partition coefficient (Wildman–Crippen LogP) is 0.518. The van der Waals surface area contributed by atoms with E-state index in [1.165, 1.54) is 12.3 Å². The Balaban J connectivity index is 1.56. The first-order valence-electron chi connectivity index (χ1n) is 8.79. The number of pyridine rings is 1. The monoisotopic (exact) mass is 372 g/mol. The SMILES string of the molecule is CN1CC(=O)N(c2cnn(C)c2)CC12CCN(C(=O)c1ccnc(F)c1)C2. The first-order valence-corrected chi connectivity index (χ1v) is 8.79. The molecule has 2 fully saturated rings. The molecule has 9 heteroatoms. The van der Waals surface area contributed by atoms with Gasteiger partial charge in [-0.25, -0.2) is 4.98 Å². The Bertz CT molecular complexity index is 899. The Morgan fingerprint density at radius 2 is 2.11 bits per heavy atom.